The standard InChI is InChI=1S/C18H31NO2Si/c1-17(2,3)19-13-7-12-18(20,16(19)22(5)6)14-8-10-15(21-4)11-9-14/h8-11,16,20,22H,7,12-13H2,1-6H3. The zero-order valence-corrected chi connectivity index (χ0v) is 16.0. The average Bonchev–Trinajstić information content (AvgIpc) is 2.45. The van der Waals surface area contributed by atoms with E-state index in [2.05, 4.69) is 38.8 Å². The number of nitrogens with zero attached hydrogens (tertiary/aromatic N) is 1. The second-order valence-corrected chi connectivity index (χ2v) is 10.9. The zero-order valence-electron chi connectivity index (χ0n) is 14.9. The summed E-state index contributed by atoms with van der Waals surface area (Å²) in [5.41, 5.74) is 0.643. The Balaban J connectivity index is 2.43. The molecule has 2 unspecified atom stereocenters. The summed E-state index contributed by atoms with van der Waals surface area (Å²) in [6.07, 6.45) is 1.89. The Kier molecular flexibility index (Phi) is 5.05. The summed E-state index contributed by atoms with van der Waals surface area (Å²) in [6, 6.07) is 7.99. The Hall–Kier alpha value is -0.843. The minimum atomic E-state index is -1.08. The van der Waals surface area contributed by atoms with Gasteiger partial charge in [0.05, 0.1) is 15.9 Å². The number of benzene rings is 1. The van der Waals surface area contributed by atoms with Crippen molar-refractivity contribution in [3.63, 3.8) is 0 Å². The molecule has 0 bridgehead atoms. The molecule has 124 valence electrons. The molecule has 1 aliphatic rings. The van der Waals surface area contributed by atoms with E-state index in [-0.39, 0.29) is 11.2 Å². The van der Waals surface area contributed by atoms with E-state index < -0.39 is 14.4 Å². The van der Waals surface area contributed by atoms with Crippen LogP contribution in [0.25, 0.3) is 0 Å². The maximum Gasteiger partial charge on any atom is 0.118 e. The van der Waals surface area contributed by atoms with Gasteiger partial charge in [-0.15, -0.1) is 0 Å². The summed E-state index contributed by atoms with van der Waals surface area (Å²) in [6.45, 7) is 12.6. The summed E-state index contributed by atoms with van der Waals surface area (Å²) in [4.78, 5) is 2.54. The third-order valence-electron chi connectivity index (χ3n) is 4.87. The van der Waals surface area contributed by atoms with Crippen LogP contribution in [0.3, 0.4) is 0 Å². The van der Waals surface area contributed by atoms with Crippen LogP contribution in [0, 0.1) is 0 Å². The molecule has 1 fully saturated rings. The van der Waals surface area contributed by atoms with E-state index in [0.717, 1.165) is 30.7 Å². The van der Waals surface area contributed by atoms with Crippen molar-refractivity contribution in [1.82, 2.24) is 4.90 Å². The maximum atomic E-state index is 11.6. The number of hydrogen-bond acceptors (Lipinski definition) is 3. The van der Waals surface area contributed by atoms with Crippen LogP contribution in [-0.4, -0.2) is 43.7 Å². The summed E-state index contributed by atoms with van der Waals surface area (Å²) < 4.78 is 5.26. The van der Waals surface area contributed by atoms with Crippen molar-refractivity contribution in [3.05, 3.63) is 29.8 Å². The van der Waals surface area contributed by atoms with Crippen molar-refractivity contribution >= 4 is 8.80 Å². The highest BCUT2D eigenvalue weighted by Gasteiger charge is 2.48. The molecule has 4 heteroatoms. The molecule has 1 aromatic rings. The van der Waals surface area contributed by atoms with E-state index >= 15 is 0 Å². The van der Waals surface area contributed by atoms with Crippen molar-refractivity contribution in [2.45, 2.75) is 63.5 Å². The minimum absolute atomic E-state index is 0.0861. The molecule has 2 atom stereocenters. The Bertz CT molecular complexity index is 495. The van der Waals surface area contributed by atoms with Crippen LogP contribution in [0.1, 0.15) is 39.2 Å². The van der Waals surface area contributed by atoms with Gasteiger partial charge >= 0.3 is 0 Å². The lowest BCUT2D eigenvalue weighted by Gasteiger charge is -2.54. The fourth-order valence-corrected chi connectivity index (χ4v) is 6.70. The molecule has 1 N–H and O–H groups in total. The van der Waals surface area contributed by atoms with Gasteiger partial charge in [-0.25, -0.2) is 0 Å². The first-order valence-corrected chi connectivity index (χ1v) is 11.3. The van der Waals surface area contributed by atoms with Crippen LogP contribution in [-0.2, 0) is 5.60 Å². The topological polar surface area (TPSA) is 32.7 Å². The van der Waals surface area contributed by atoms with Crippen molar-refractivity contribution in [3.8, 4) is 5.75 Å². The van der Waals surface area contributed by atoms with Gasteiger partial charge < -0.3 is 9.84 Å². The third kappa shape index (κ3) is 3.24. The number of ether oxygens (including phenoxy) is 1. The molecule has 1 aliphatic heterocycles. The molecular formula is C18H31NO2Si. The maximum absolute atomic E-state index is 11.6. The lowest BCUT2D eigenvalue weighted by atomic mass is 9.83. The van der Waals surface area contributed by atoms with Gasteiger partial charge in [0.2, 0.25) is 0 Å². The van der Waals surface area contributed by atoms with Gasteiger partial charge in [-0.2, -0.15) is 0 Å². The van der Waals surface area contributed by atoms with Crippen molar-refractivity contribution in [1.29, 1.82) is 0 Å². The number of methoxy groups -OCH3 is 1. The van der Waals surface area contributed by atoms with Gasteiger partial charge in [0, 0.05) is 11.2 Å². The van der Waals surface area contributed by atoms with Crippen LogP contribution in [0.15, 0.2) is 24.3 Å². The molecule has 1 aromatic carbocycles. The molecule has 0 spiro atoms. The third-order valence-corrected chi connectivity index (χ3v) is 7.04. The van der Waals surface area contributed by atoms with Crippen LogP contribution in [0.4, 0.5) is 0 Å². The number of piperidine rings is 1. The van der Waals surface area contributed by atoms with E-state index in [1.165, 1.54) is 0 Å². The number of rotatable bonds is 3. The smallest absolute Gasteiger partial charge is 0.118 e. The minimum Gasteiger partial charge on any atom is -0.497 e. The first-order chi connectivity index (χ1) is 10.2. The molecule has 0 saturated carbocycles. The van der Waals surface area contributed by atoms with Gasteiger partial charge in [-0.05, 0) is 57.9 Å². The number of aliphatic hydroxyl groups is 1. The monoisotopic (exact) mass is 321 g/mol. The normalized spacial score (nSPS) is 27.2. The molecule has 2 rings (SSSR count). The van der Waals surface area contributed by atoms with Crippen LogP contribution in [0.2, 0.25) is 13.1 Å². The predicted molar refractivity (Wildman–Crippen MR) is 95.2 cm³/mol. The molecule has 3 nitrogen and oxygen atoms in total. The Morgan fingerprint density at radius 3 is 2.27 bits per heavy atom. The largest absolute Gasteiger partial charge is 0.497 e. The molecule has 0 amide bonds. The Morgan fingerprint density at radius 2 is 1.82 bits per heavy atom. The second kappa shape index (κ2) is 6.34. The summed E-state index contributed by atoms with van der Waals surface area (Å²) in [5.74, 6) is 0.842. The molecule has 1 heterocycles. The van der Waals surface area contributed by atoms with E-state index in [1.807, 2.05) is 24.3 Å². The van der Waals surface area contributed by atoms with E-state index in [9.17, 15) is 5.11 Å². The van der Waals surface area contributed by atoms with Gasteiger partial charge in [0.25, 0.3) is 0 Å². The van der Waals surface area contributed by atoms with Crippen molar-refractivity contribution < 1.29 is 9.84 Å². The van der Waals surface area contributed by atoms with E-state index in [4.69, 9.17) is 4.74 Å². The second-order valence-electron chi connectivity index (χ2n) is 7.81. The average molecular weight is 322 g/mol. The van der Waals surface area contributed by atoms with Gasteiger partial charge in [0.1, 0.15) is 11.4 Å². The van der Waals surface area contributed by atoms with Crippen molar-refractivity contribution in [2.75, 3.05) is 13.7 Å². The Labute approximate surface area is 136 Å². The number of hydrogen-bond donors (Lipinski definition) is 1. The highest BCUT2D eigenvalue weighted by atomic mass is 28.3. The summed E-state index contributed by atoms with van der Waals surface area (Å²) >= 11 is 0. The lowest BCUT2D eigenvalue weighted by Crippen LogP contribution is -2.65. The first kappa shape index (κ1) is 17.5. The highest BCUT2D eigenvalue weighted by Crippen LogP contribution is 2.41. The van der Waals surface area contributed by atoms with Gasteiger partial charge in [-0.1, -0.05) is 25.2 Å². The van der Waals surface area contributed by atoms with Crippen LogP contribution >= 0.6 is 0 Å². The van der Waals surface area contributed by atoms with Gasteiger partial charge in [0.15, 0.2) is 0 Å². The molecule has 0 radical (unpaired) electrons. The fraction of sp³-hybridized carbons (Fsp3) is 0.667. The predicted octanol–water partition coefficient (Wildman–Crippen LogP) is 3.17. The van der Waals surface area contributed by atoms with E-state index in [0.29, 0.717) is 0 Å². The number of likely N-dealkylation sites (tertiary alicyclic amines) is 1. The quantitative estimate of drug-likeness (QED) is 0.868. The molecule has 1 saturated heterocycles. The summed E-state index contributed by atoms with van der Waals surface area (Å²) in [7, 11) is 0.597. The molecule has 0 aromatic heterocycles. The summed E-state index contributed by atoms with van der Waals surface area (Å²) in [5, 5.41) is 11.6. The molecular weight excluding hydrogens is 290 g/mol. The fourth-order valence-electron chi connectivity index (χ4n) is 3.92. The van der Waals surface area contributed by atoms with Crippen molar-refractivity contribution in [2.24, 2.45) is 0 Å². The SMILES string of the molecule is COc1ccc(C2(O)CCCN(C(C)(C)C)C2[SiH](C)C)cc1. The lowest BCUT2D eigenvalue weighted by molar-refractivity contribution is -0.0841. The van der Waals surface area contributed by atoms with Gasteiger partial charge in [-0.3, -0.25) is 4.90 Å². The van der Waals surface area contributed by atoms with E-state index in [1.54, 1.807) is 7.11 Å². The first-order valence-electron chi connectivity index (χ1n) is 8.34. The van der Waals surface area contributed by atoms with Crippen LogP contribution < -0.4 is 4.74 Å². The van der Waals surface area contributed by atoms with Crippen LogP contribution in [0.5, 0.6) is 5.75 Å². The highest BCUT2D eigenvalue weighted by molar-refractivity contribution is 6.58. The molecule has 0 aliphatic carbocycles. The molecule has 22 heavy (non-hydrogen) atoms. The Morgan fingerprint density at radius 1 is 1.23 bits per heavy atom. The zero-order chi connectivity index (χ0) is 16.5.